The Hall–Kier alpha value is 0.570. The van der Waals surface area contributed by atoms with Gasteiger partial charge in [0.05, 0.1) is 0 Å². The highest BCUT2D eigenvalue weighted by molar-refractivity contribution is 9.04. The van der Waals surface area contributed by atoms with Gasteiger partial charge in [0, 0.05) is 11.0 Å². The molecule has 0 amide bonds. The van der Waals surface area contributed by atoms with Crippen molar-refractivity contribution in [2.45, 2.75) is 44.8 Å². The van der Waals surface area contributed by atoms with E-state index in [9.17, 15) is 0 Å². The molecule has 96 valence electrons. The summed E-state index contributed by atoms with van der Waals surface area (Å²) in [5.41, 5.74) is 2.65. The van der Waals surface area contributed by atoms with E-state index in [4.69, 9.17) is 11.8 Å². The van der Waals surface area contributed by atoms with Crippen LogP contribution in [0.1, 0.15) is 33.3 Å². The zero-order chi connectivity index (χ0) is 12.9. The quantitative estimate of drug-likeness (QED) is 0.483. The predicted octanol–water partition coefficient (Wildman–Crippen LogP) is 5.78. The molecular weight excluding hydrogens is 283 g/mol. The first kappa shape index (κ1) is 15.6. The lowest BCUT2D eigenvalue weighted by Crippen LogP contribution is -2.04. The van der Waals surface area contributed by atoms with E-state index in [0.717, 1.165) is 5.75 Å². The van der Waals surface area contributed by atoms with E-state index in [1.54, 1.807) is 0 Å². The van der Waals surface area contributed by atoms with Gasteiger partial charge in [-0.05, 0) is 16.9 Å². The molecule has 0 fully saturated rings. The van der Waals surface area contributed by atoms with E-state index in [1.807, 2.05) is 21.2 Å². The zero-order valence-electron chi connectivity index (χ0n) is 10.9. The van der Waals surface area contributed by atoms with Crippen molar-refractivity contribution in [2.75, 3.05) is 0 Å². The largest absolute Gasteiger partial charge is 0.0846 e. The normalized spacial score (nSPS) is 12.4. The first-order valence-corrected chi connectivity index (χ1v) is 11.8. The Morgan fingerprint density at radius 2 is 1.59 bits per heavy atom. The lowest BCUT2D eigenvalue weighted by molar-refractivity contribution is 1.03. The van der Waals surface area contributed by atoms with Gasteiger partial charge in [-0.3, -0.25) is 0 Å². The fourth-order valence-electron chi connectivity index (χ4n) is 1.52. The Morgan fingerprint density at radius 3 is 2.06 bits per heavy atom. The highest BCUT2D eigenvalue weighted by Crippen LogP contribution is 2.70. The van der Waals surface area contributed by atoms with Crippen molar-refractivity contribution < 1.29 is 0 Å². The third-order valence-electron chi connectivity index (χ3n) is 2.68. The number of benzene rings is 1. The molecule has 17 heavy (non-hydrogen) atoms. The molecule has 0 spiro atoms. The fraction of sp³-hybridized carbons (Fsp3) is 0.538. The lowest BCUT2D eigenvalue weighted by Gasteiger charge is -2.28. The average Bonchev–Trinajstić information content (AvgIpc) is 2.29. The van der Waals surface area contributed by atoms with Crippen LogP contribution in [0.2, 0.25) is 0 Å². The second-order valence-electron chi connectivity index (χ2n) is 4.66. The van der Waals surface area contributed by atoms with Gasteiger partial charge in [0.15, 0.2) is 0 Å². The minimum atomic E-state index is -1.29. The van der Waals surface area contributed by atoms with Gasteiger partial charge >= 0.3 is 0 Å². The molecule has 0 heterocycles. The van der Waals surface area contributed by atoms with Gasteiger partial charge in [0.25, 0.3) is 0 Å². The molecule has 0 N–H and O–H groups in total. The van der Waals surface area contributed by atoms with Crippen LogP contribution < -0.4 is 0 Å². The number of hydrogen-bond donors (Lipinski definition) is 0. The third kappa shape index (κ3) is 4.63. The molecule has 0 bridgehead atoms. The highest BCUT2D eigenvalue weighted by atomic mass is 33.4. The second kappa shape index (κ2) is 7.23. The fourth-order valence-corrected chi connectivity index (χ4v) is 11.9. The summed E-state index contributed by atoms with van der Waals surface area (Å²) >= 11 is 5.92. The molecule has 1 aromatic carbocycles. The van der Waals surface area contributed by atoms with Crippen LogP contribution >= 0.6 is 26.4 Å². The average molecular weight is 304 g/mol. The molecule has 0 saturated carbocycles. The highest BCUT2D eigenvalue weighted by Gasteiger charge is 2.26. The van der Waals surface area contributed by atoms with Crippen LogP contribution in [0, 0.1) is 0 Å². The van der Waals surface area contributed by atoms with Gasteiger partial charge in [0.2, 0.25) is 0 Å². The monoisotopic (exact) mass is 304 g/mol. The maximum absolute atomic E-state index is 5.92. The molecule has 0 aliphatic heterocycles. The van der Waals surface area contributed by atoms with Crippen LogP contribution in [0.3, 0.4) is 0 Å². The summed E-state index contributed by atoms with van der Waals surface area (Å²) in [7, 11) is 3.91. The predicted molar refractivity (Wildman–Crippen MR) is 89.9 cm³/mol. The van der Waals surface area contributed by atoms with Crippen LogP contribution in [0.4, 0.5) is 0 Å². The van der Waals surface area contributed by atoms with Crippen molar-refractivity contribution in [3.63, 3.8) is 0 Å². The number of hydrogen-bond acceptors (Lipinski definition) is 3. The number of rotatable bonds is 6. The van der Waals surface area contributed by atoms with E-state index in [-0.39, 0.29) is 0 Å². The van der Waals surface area contributed by atoms with Gasteiger partial charge in [-0.25, -0.2) is 0 Å². The maximum Gasteiger partial charge on any atom is 0.0292 e. The van der Waals surface area contributed by atoms with Crippen LogP contribution in [0.15, 0.2) is 30.3 Å². The molecule has 0 radical (unpaired) electrons. The molecule has 1 aromatic rings. The van der Waals surface area contributed by atoms with Gasteiger partial charge in [-0.2, -0.15) is 0 Å². The molecule has 0 aliphatic carbocycles. The van der Waals surface area contributed by atoms with Crippen LogP contribution in [-0.2, 0) is 17.6 Å². The summed E-state index contributed by atoms with van der Waals surface area (Å²) in [4.78, 5) is 0. The van der Waals surface area contributed by atoms with Crippen molar-refractivity contribution >= 4 is 38.3 Å². The van der Waals surface area contributed by atoms with Gasteiger partial charge in [0.1, 0.15) is 0 Å². The van der Waals surface area contributed by atoms with Crippen molar-refractivity contribution in [1.29, 1.82) is 0 Å². The van der Waals surface area contributed by atoms with Crippen molar-refractivity contribution in [3.8, 4) is 0 Å². The van der Waals surface area contributed by atoms with Crippen molar-refractivity contribution in [2.24, 2.45) is 0 Å². The van der Waals surface area contributed by atoms with Gasteiger partial charge in [-0.1, -0.05) is 91.0 Å². The molecule has 0 unspecified atom stereocenters. The summed E-state index contributed by atoms with van der Waals surface area (Å²) in [6, 6.07) is 10.6. The molecule has 0 nitrogen and oxygen atoms in total. The molecule has 0 saturated heterocycles. The van der Waals surface area contributed by atoms with Crippen molar-refractivity contribution in [1.82, 2.24) is 0 Å². The van der Waals surface area contributed by atoms with E-state index < -0.39 is 5.24 Å². The Bertz CT molecular complexity index is 362. The first-order chi connectivity index (χ1) is 7.97. The maximum atomic E-state index is 5.92. The van der Waals surface area contributed by atoms with E-state index in [0.29, 0.717) is 11.3 Å². The smallest absolute Gasteiger partial charge is 0.0292 e. The third-order valence-corrected chi connectivity index (χ3v) is 17.5. The van der Waals surface area contributed by atoms with E-state index in [1.165, 1.54) is 5.56 Å². The molecule has 4 heteroatoms. The summed E-state index contributed by atoms with van der Waals surface area (Å²) in [5.74, 6) is 1.06. The zero-order valence-corrected chi connectivity index (χ0v) is 14.3. The molecule has 0 aliphatic rings. The second-order valence-corrected chi connectivity index (χ2v) is 15.5. The standard InChI is InChI=1S/C13H21PS3/c1-11(2)14(15,12(3)4)17-16-10-13-8-6-5-7-9-13/h5-9,11-12H,10H2,1-4H3. The summed E-state index contributed by atoms with van der Waals surface area (Å²) < 4.78 is 0. The summed E-state index contributed by atoms with van der Waals surface area (Å²) in [6.07, 6.45) is 0. The summed E-state index contributed by atoms with van der Waals surface area (Å²) in [5, 5.41) is -1.29. The lowest BCUT2D eigenvalue weighted by atomic mass is 10.2. The van der Waals surface area contributed by atoms with Crippen LogP contribution in [0.5, 0.6) is 0 Å². The van der Waals surface area contributed by atoms with Crippen LogP contribution in [0.25, 0.3) is 0 Å². The van der Waals surface area contributed by atoms with Crippen LogP contribution in [-0.4, -0.2) is 11.3 Å². The van der Waals surface area contributed by atoms with Gasteiger partial charge in [-0.15, -0.1) is 0 Å². The Balaban J connectivity index is 2.52. The molecule has 0 aromatic heterocycles. The van der Waals surface area contributed by atoms with E-state index in [2.05, 4.69) is 58.0 Å². The van der Waals surface area contributed by atoms with Crippen molar-refractivity contribution in [3.05, 3.63) is 35.9 Å². The molecule has 0 atom stereocenters. The topological polar surface area (TPSA) is 0 Å². The van der Waals surface area contributed by atoms with E-state index >= 15 is 0 Å². The Labute approximate surface area is 119 Å². The Morgan fingerprint density at radius 1 is 1.06 bits per heavy atom. The van der Waals surface area contributed by atoms with Gasteiger partial charge < -0.3 is 0 Å². The molecule has 1 rings (SSSR count). The first-order valence-electron chi connectivity index (χ1n) is 5.91. The Kier molecular flexibility index (Phi) is 6.65. The minimum Gasteiger partial charge on any atom is -0.0846 e. The molecular formula is C13H21PS3. The summed E-state index contributed by atoms with van der Waals surface area (Å²) in [6.45, 7) is 9.10. The SMILES string of the molecule is CC(C)P(=S)(SSCc1ccccc1)C(C)C. The minimum absolute atomic E-state index is 0.630.